The lowest BCUT2D eigenvalue weighted by Crippen LogP contribution is -1.87. The van der Waals surface area contributed by atoms with Crippen molar-refractivity contribution in [2.45, 2.75) is 5.33 Å². The van der Waals surface area contributed by atoms with E-state index in [2.05, 4.69) is 25.9 Å². The fourth-order valence-electron chi connectivity index (χ4n) is 1.25. The summed E-state index contributed by atoms with van der Waals surface area (Å²) in [5.41, 5.74) is 2.00. The minimum absolute atomic E-state index is 0.514. The van der Waals surface area contributed by atoms with E-state index in [1.165, 1.54) is 6.33 Å². The Morgan fingerprint density at radius 3 is 2.92 bits per heavy atom. The van der Waals surface area contributed by atoms with Crippen molar-refractivity contribution in [3.63, 3.8) is 0 Å². The molecule has 0 aliphatic heterocycles. The second kappa shape index (κ2) is 3.60. The summed E-state index contributed by atoms with van der Waals surface area (Å²) < 4.78 is 0. The average Bonchev–Trinajstić information content (AvgIpc) is 2.17. The highest BCUT2D eigenvalue weighted by Crippen LogP contribution is 2.24. The van der Waals surface area contributed by atoms with Gasteiger partial charge in [0, 0.05) is 10.7 Å². The average molecular weight is 258 g/mol. The molecule has 0 saturated carbocycles. The van der Waals surface area contributed by atoms with Gasteiger partial charge in [0.05, 0.1) is 5.52 Å². The van der Waals surface area contributed by atoms with Gasteiger partial charge in [0.1, 0.15) is 11.5 Å². The molecule has 1 aromatic carbocycles. The van der Waals surface area contributed by atoms with Crippen molar-refractivity contribution in [1.82, 2.24) is 9.97 Å². The van der Waals surface area contributed by atoms with Gasteiger partial charge in [0.15, 0.2) is 0 Å². The van der Waals surface area contributed by atoms with E-state index < -0.39 is 0 Å². The maximum absolute atomic E-state index is 5.97. The number of nitrogens with zero attached hydrogens (tertiary/aromatic N) is 2. The molecule has 0 spiro atoms. The van der Waals surface area contributed by atoms with E-state index in [-0.39, 0.29) is 0 Å². The van der Waals surface area contributed by atoms with E-state index >= 15 is 0 Å². The lowest BCUT2D eigenvalue weighted by Gasteiger charge is -2.02. The molecule has 4 heteroatoms. The second-order valence-corrected chi connectivity index (χ2v) is 3.53. The van der Waals surface area contributed by atoms with Gasteiger partial charge in [-0.05, 0) is 11.6 Å². The van der Waals surface area contributed by atoms with Crippen LogP contribution in [0.3, 0.4) is 0 Å². The van der Waals surface area contributed by atoms with Crippen molar-refractivity contribution >= 4 is 38.4 Å². The lowest BCUT2D eigenvalue weighted by atomic mass is 10.1. The Hall–Kier alpha value is -0.670. The van der Waals surface area contributed by atoms with Gasteiger partial charge in [-0.25, -0.2) is 9.97 Å². The summed E-state index contributed by atoms with van der Waals surface area (Å²) in [5, 5.41) is 2.21. The fraction of sp³-hybridized carbons (Fsp3) is 0.111. The smallest absolute Gasteiger partial charge is 0.140 e. The summed E-state index contributed by atoms with van der Waals surface area (Å²) in [7, 11) is 0. The molecule has 0 saturated heterocycles. The van der Waals surface area contributed by atoms with Crippen LogP contribution in [0.1, 0.15) is 5.56 Å². The number of rotatable bonds is 1. The second-order valence-electron chi connectivity index (χ2n) is 2.61. The zero-order valence-corrected chi connectivity index (χ0v) is 9.01. The Kier molecular flexibility index (Phi) is 2.47. The summed E-state index contributed by atoms with van der Waals surface area (Å²) in [5.74, 6) is 0. The SMILES string of the molecule is Clc1ncnc2cccc(CBr)c12. The van der Waals surface area contributed by atoms with Gasteiger partial charge < -0.3 is 0 Å². The molecule has 0 aliphatic carbocycles. The molecular formula is C9H6BrClN2. The molecule has 2 rings (SSSR count). The minimum atomic E-state index is 0.514. The van der Waals surface area contributed by atoms with Gasteiger partial charge in [-0.15, -0.1) is 0 Å². The van der Waals surface area contributed by atoms with Crippen molar-refractivity contribution in [2.24, 2.45) is 0 Å². The molecule has 0 aliphatic rings. The number of alkyl halides is 1. The highest BCUT2D eigenvalue weighted by molar-refractivity contribution is 9.08. The van der Waals surface area contributed by atoms with E-state index in [0.29, 0.717) is 5.15 Å². The maximum atomic E-state index is 5.97. The summed E-state index contributed by atoms with van der Waals surface area (Å²) >= 11 is 9.37. The Morgan fingerprint density at radius 1 is 1.31 bits per heavy atom. The van der Waals surface area contributed by atoms with Crippen LogP contribution in [0.5, 0.6) is 0 Å². The third-order valence-electron chi connectivity index (χ3n) is 1.85. The van der Waals surface area contributed by atoms with Gasteiger partial charge in [0.2, 0.25) is 0 Å². The molecule has 2 nitrogen and oxygen atoms in total. The highest BCUT2D eigenvalue weighted by atomic mass is 79.9. The molecule has 1 heterocycles. The van der Waals surface area contributed by atoms with Crippen LogP contribution in [-0.4, -0.2) is 9.97 Å². The third kappa shape index (κ3) is 1.54. The first-order valence-corrected chi connectivity index (χ1v) is 5.27. The molecule has 0 radical (unpaired) electrons. The van der Waals surface area contributed by atoms with Crippen molar-refractivity contribution < 1.29 is 0 Å². The first-order valence-electron chi connectivity index (χ1n) is 3.77. The first-order chi connectivity index (χ1) is 6.33. The van der Waals surface area contributed by atoms with Crippen LogP contribution in [0.4, 0.5) is 0 Å². The molecule has 0 bridgehead atoms. The summed E-state index contributed by atoms with van der Waals surface area (Å²) in [6.45, 7) is 0. The first kappa shape index (κ1) is 8.91. The van der Waals surface area contributed by atoms with Crippen LogP contribution in [-0.2, 0) is 5.33 Å². The van der Waals surface area contributed by atoms with E-state index in [4.69, 9.17) is 11.6 Å². The van der Waals surface area contributed by atoms with E-state index in [0.717, 1.165) is 21.8 Å². The molecular weight excluding hydrogens is 251 g/mol. The predicted molar refractivity (Wildman–Crippen MR) is 57.2 cm³/mol. The fourth-order valence-corrected chi connectivity index (χ4v) is 1.98. The molecule has 0 fully saturated rings. The van der Waals surface area contributed by atoms with Crippen LogP contribution in [0.15, 0.2) is 24.5 Å². The molecule has 0 N–H and O–H groups in total. The number of aromatic nitrogens is 2. The Labute approximate surface area is 89.1 Å². The number of fused-ring (bicyclic) bond motifs is 1. The van der Waals surface area contributed by atoms with Crippen molar-refractivity contribution in [3.8, 4) is 0 Å². The number of hydrogen-bond donors (Lipinski definition) is 0. The van der Waals surface area contributed by atoms with E-state index in [9.17, 15) is 0 Å². The van der Waals surface area contributed by atoms with Crippen LogP contribution in [0.25, 0.3) is 10.9 Å². The molecule has 0 atom stereocenters. The van der Waals surface area contributed by atoms with Crippen molar-refractivity contribution in [1.29, 1.82) is 0 Å². The van der Waals surface area contributed by atoms with E-state index in [1.807, 2.05) is 18.2 Å². The van der Waals surface area contributed by atoms with Crippen LogP contribution in [0.2, 0.25) is 5.15 Å². The van der Waals surface area contributed by atoms with Crippen LogP contribution < -0.4 is 0 Å². The number of halogens is 2. The van der Waals surface area contributed by atoms with E-state index in [1.54, 1.807) is 0 Å². The third-order valence-corrected chi connectivity index (χ3v) is 2.74. The largest absolute Gasteiger partial charge is 0.236 e. The van der Waals surface area contributed by atoms with Gasteiger partial charge >= 0.3 is 0 Å². The molecule has 66 valence electrons. The van der Waals surface area contributed by atoms with Gasteiger partial charge in [0.25, 0.3) is 0 Å². The monoisotopic (exact) mass is 256 g/mol. The zero-order valence-electron chi connectivity index (χ0n) is 6.67. The van der Waals surface area contributed by atoms with Crippen LogP contribution >= 0.6 is 27.5 Å². The van der Waals surface area contributed by atoms with Gasteiger partial charge in [-0.1, -0.05) is 39.7 Å². The molecule has 1 aromatic heterocycles. The number of hydrogen-bond acceptors (Lipinski definition) is 2. The maximum Gasteiger partial charge on any atom is 0.140 e. The quantitative estimate of drug-likeness (QED) is 0.579. The summed E-state index contributed by atoms with van der Waals surface area (Å²) in [4.78, 5) is 8.08. The Bertz CT molecular complexity index is 439. The molecule has 13 heavy (non-hydrogen) atoms. The molecule has 0 amide bonds. The zero-order chi connectivity index (χ0) is 9.26. The summed E-state index contributed by atoms with van der Waals surface area (Å²) in [6.07, 6.45) is 1.47. The Balaban J connectivity index is 2.87. The topological polar surface area (TPSA) is 25.8 Å². The van der Waals surface area contributed by atoms with Crippen LogP contribution in [0, 0.1) is 0 Å². The minimum Gasteiger partial charge on any atom is -0.236 e. The normalized spacial score (nSPS) is 10.6. The lowest BCUT2D eigenvalue weighted by molar-refractivity contribution is 1.21. The number of benzene rings is 1. The predicted octanol–water partition coefficient (Wildman–Crippen LogP) is 3.18. The standard InChI is InChI=1S/C9H6BrClN2/c10-4-6-2-1-3-7-8(6)9(11)13-5-12-7/h1-3,5H,4H2. The molecule has 2 aromatic rings. The molecule has 0 unspecified atom stereocenters. The van der Waals surface area contributed by atoms with Gasteiger partial charge in [-0.2, -0.15) is 0 Å². The van der Waals surface area contributed by atoms with Gasteiger partial charge in [-0.3, -0.25) is 0 Å². The van der Waals surface area contributed by atoms with Crippen molar-refractivity contribution in [2.75, 3.05) is 0 Å². The van der Waals surface area contributed by atoms with Crippen molar-refractivity contribution in [3.05, 3.63) is 35.2 Å². The Morgan fingerprint density at radius 2 is 2.15 bits per heavy atom. The highest BCUT2D eigenvalue weighted by Gasteiger charge is 2.04. The summed E-state index contributed by atoms with van der Waals surface area (Å²) in [6, 6.07) is 5.89.